The van der Waals surface area contributed by atoms with Crippen LogP contribution in [0.5, 0.6) is 0 Å². The van der Waals surface area contributed by atoms with Crippen molar-refractivity contribution in [2.45, 2.75) is 67.2 Å². The molecule has 24 heavy (non-hydrogen) atoms. The molecule has 130 valence electrons. The Bertz CT molecular complexity index is 602. The van der Waals surface area contributed by atoms with Crippen molar-refractivity contribution in [3.63, 3.8) is 0 Å². The predicted molar refractivity (Wildman–Crippen MR) is 108 cm³/mol. The van der Waals surface area contributed by atoms with Crippen LogP contribution in [0.25, 0.3) is 0 Å². The fourth-order valence-electron chi connectivity index (χ4n) is 2.38. The van der Waals surface area contributed by atoms with Gasteiger partial charge in [0.05, 0.1) is 5.92 Å². The van der Waals surface area contributed by atoms with E-state index in [0.29, 0.717) is 5.92 Å². The minimum Gasteiger partial charge on any atom is -0.125 e. The molecule has 0 spiro atoms. The molecule has 0 saturated heterocycles. The zero-order chi connectivity index (χ0) is 17.9. The maximum absolute atomic E-state index is 3.55. The van der Waals surface area contributed by atoms with Crippen LogP contribution >= 0.6 is 0 Å². The van der Waals surface area contributed by atoms with Crippen LogP contribution in [0.3, 0.4) is 0 Å². The summed E-state index contributed by atoms with van der Waals surface area (Å²) in [6.45, 7) is 13.4. The molecule has 0 aromatic carbocycles. The molecular weight excluding hydrogens is 288 g/mol. The Balaban J connectivity index is 3.04. The lowest BCUT2D eigenvalue weighted by molar-refractivity contribution is 0.599. The van der Waals surface area contributed by atoms with Gasteiger partial charge in [-0.2, -0.15) is 0 Å². The fraction of sp³-hybridized carbons (Fsp3) is 0.542. The van der Waals surface area contributed by atoms with Crippen LogP contribution in [0.4, 0.5) is 0 Å². The first-order valence-corrected chi connectivity index (χ1v) is 9.33. The highest BCUT2D eigenvalue weighted by atomic mass is 14.1. The van der Waals surface area contributed by atoms with Gasteiger partial charge in [0.15, 0.2) is 0 Å². The van der Waals surface area contributed by atoms with Crippen molar-refractivity contribution in [2.75, 3.05) is 0 Å². The number of rotatable bonds is 5. The van der Waals surface area contributed by atoms with Crippen LogP contribution in [0.1, 0.15) is 67.2 Å². The van der Waals surface area contributed by atoms with Crippen molar-refractivity contribution in [1.29, 1.82) is 0 Å². The standard InChI is InChI=1S/C24H34/c1-19(2)12-10-11-15-24(18-22(6)20(3)4)23-14-9-7-8-13-21(5)16-17-23/h7,13-14,16,18-20,24H,9-10,12,17H2,1-6H3. The molecule has 0 N–H and O–H groups in total. The van der Waals surface area contributed by atoms with E-state index < -0.39 is 0 Å². The minimum absolute atomic E-state index is 0.232. The highest BCUT2D eigenvalue weighted by molar-refractivity contribution is 5.32. The second-order valence-electron chi connectivity index (χ2n) is 7.48. The molecule has 0 bridgehead atoms. The molecular formula is C24H34. The number of allylic oxidation sites excluding steroid dienone is 7. The summed E-state index contributed by atoms with van der Waals surface area (Å²) < 4.78 is 0. The Morgan fingerprint density at radius 3 is 2.67 bits per heavy atom. The van der Waals surface area contributed by atoms with Crippen molar-refractivity contribution in [3.8, 4) is 11.8 Å². The lowest BCUT2D eigenvalue weighted by Crippen LogP contribution is -2.02. The zero-order valence-electron chi connectivity index (χ0n) is 16.4. The van der Waals surface area contributed by atoms with Crippen LogP contribution in [0, 0.1) is 29.6 Å². The summed E-state index contributed by atoms with van der Waals surface area (Å²) in [6, 6.07) is 0. The zero-order valence-corrected chi connectivity index (χ0v) is 16.4. The molecule has 0 fully saturated rings. The van der Waals surface area contributed by atoms with E-state index in [1.807, 2.05) is 0 Å². The minimum atomic E-state index is 0.232. The molecule has 0 nitrogen and oxygen atoms in total. The SMILES string of the molecule is CC1=CCC(C(C#CCCC(C)C)C=C(C)C(C)C)=CCC=C=C1. The summed E-state index contributed by atoms with van der Waals surface area (Å²) in [7, 11) is 0. The summed E-state index contributed by atoms with van der Waals surface area (Å²) in [6.07, 6.45) is 15.2. The van der Waals surface area contributed by atoms with Crippen LogP contribution in [0.15, 0.2) is 52.8 Å². The summed E-state index contributed by atoms with van der Waals surface area (Å²) in [4.78, 5) is 0. The van der Waals surface area contributed by atoms with Gasteiger partial charge < -0.3 is 0 Å². The van der Waals surface area contributed by atoms with E-state index in [1.165, 1.54) is 23.1 Å². The normalized spacial score (nSPS) is 16.8. The molecule has 1 aliphatic carbocycles. The van der Waals surface area contributed by atoms with Gasteiger partial charge >= 0.3 is 0 Å². The number of hydrogen-bond acceptors (Lipinski definition) is 0. The molecule has 0 aromatic heterocycles. The quantitative estimate of drug-likeness (QED) is 0.290. The molecule has 0 saturated carbocycles. The van der Waals surface area contributed by atoms with Gasteiger partial charge in [0, 0.05) is 6.42 Å². The summed E-state index contributed by atoms with van der Waals surface area (Å²) in [5, 5.41) is 0. The predicted octanol–water partition coefficient (Wildman–Crippen LogP) is 7.02. The lowest BCUT2D eigenvalue weighted by Gasteiger charge is -2.14. The molecule has 1 aliphatic rings. The van der Waals surface area contributed by atoms with E-state index in [9.17, 15) is 0 Å². The van der Waals surface area contributed by atoms with E-state index >= 15 is 0 Å². The Kier molecular flexibility index (Phi) is 9.29. The highest BCUT2D eigenvalue weighted by Gasteiger charge is 2.10. The highest BCUT2D eigenvalue weighted by Crippen LogP contribution is 2.23. The Morgan fingerprint density at radius 1 is 1.25 bits per heavy atom. The summed E-state index contributed by atoms with van der Waals surface area (Å²) in [5.41, 5.74) is 7.36. The van der Waals surface area contributed by atoms with Gasteiger partial charge in [0.25, 0.3) is 0 Å². The smallest absolute Gasteiger partial charge is 0.0598 e. The molecule has 1 atom stereocenters. The van der Waals surface area contributed by atoms with Crippen LogP contribution in [0.2, 0.25) is 0 Å². The summed E-state index contributed by atoms with van der Waals surface area (Å²) in [5.74, 6) is 8.50. The largest absolute Gasteiger partial charge is 0.125 e. The molecule has 1 unspecified atom stereocenters. The van der Waals surface area contributed by atoms with Crippen molar-refractivity contribution in [1.82, 2.24) is 0 Å². The Hall–Kier alpha value is -1.70. The van der Waals surface area contributed by atoms with Gasteiger partial charge in [0.1, 0.15) is 0 Å². The first kappa shape index (κ1) is 20.3. The van der Waals surface area contributed by atoms with Gasteiger partial charge in [-0.3, -0.25) is 0 Å². The van der Waals surface area contributed by atoms with Crippen molar-refractivity contribution < 1.29 is 0 Å². The van der Waals surface area contributed by atoms with Gasteiger partial charge in [0.2, 0.25) is 0 Å². The van der Waals surface area contributed by atoms with Gasteiger partial charge in [-0.15, -0.1) is 11.7 Å². The average molecular weight is 323 g/mol. The molecule has 0 aliphatic heterocycles. The maximum Gasteiger partial charge on any atom is 0.0598 e. The molecule has 0 aromatic rings. The number of hydrogen-bond donors (Lipinski definition) is 0. The van der Waals surface area contributed by atoms with Crippen LogP contribution < -0.4 is 0 Å². The fourth-order valence-corrected chi connectivity index (χ4v) is 2.38. The maximum atomic E-state index is 3.55. The third-order valence-corrected chi connectivity index (χ3v) is 4.43. The Labute approximate surface area is 150 Å². The van der Waals surface area contributed by atoms with Crippen molar-refractivity contribution in [3.05, 3.63) is 52.8 Å². The second-order valence-corrected chi connectivity index (χ2v) is 7.48. The van der Waals surface area contributed by atoms with Gasteiger partial charge in [-0.05, 0) is 62.7 Å². The summed E-state index contributed by atoms with van der Waals surface area (Å²) >= 11 is 0. The van der Waals surface area contributed by atoms with E-state index in [2.05, 4.69) is 89.5 Å². The Morgan fingerprint density at radius 2 is 2.00 bits per heavy atom. The third kappa shape index (κ3) is 8.24. The topological polar surface area (TPSA) is 0 Å². The second kappa shape index (κ2) is 11.0. The van der Waals surface area contributed by atoms with Crippen LogP contribution in [-0.4, -0.2) is 0 Å². The van der Waals surface area contributed by atoms with E-state index in [4.69, 9.17) is 0 Å². The van der Waals surface area contributed by atoms with Crippen molar-refractivity contribution >= 4 is 0 Å². The van der Waals surface area contributed by atoms with E-state index in [1.54, 1.807) is 0 Å². The molecule has 0 heteroatoms. The van der Waals surface area contributed by atoms with Crippen molar-refractivity contribution in [2.24, 2.45) is 17.8 Å². The molecule has 0 radical (unpaired) electrons. The monoisotopic (exact) mass is 322 g/mol. The molecule has 0 amide bonds. The first-order valence-electron chi connectivity index (χ1n) is 9.33. The van der Waals surface area contributed by atoms with Crippen LogP contribution in [-0.2, 0) is 0 Å². The lowest BCUT2D eigenvalue weighted by atomic mass is 9.90. The van der Waals surface area contributed by atoms with Gasteiger partial charge in [-0.1, -0.05) is 63.0 Å². The average Bonchev–Trinajstić information content (AvgIpc) is 2.62. The third-order valence-electron chi connectivity index (χ3n) is 4.43. The first-order chi connectivity index (χ1) is 11.4. The van der Waals surface area contributed by atoms with E-state index in [-0.39, 0.29) is 5.92 Å². The molecule has 0 heterocycles. The van der Waals surface area contributed by atoms with E-state index in [0.717, 1.165) is 25.2 Å². The van der Waals surface area contributed by atoms with Gasteiger partial charge in [-0.25, -0.2) is 0 Å². The molecule has 1 rings (SSSR count).